The van der Waals surface area contributed by atoms with Crippen LogP contribution in [0.1, 0.15) is 11.3 Å². The van der Waals surface area contributed by atoms with Crippen LogP contribution in [-0.4, -0.2) is 27.1 Å². The molecule has 1 amide bonds. The molecule has 30 heavy (non-hydrogen) atoms. The number of aryl methyl sites for hydroxylation is 1. The molecule has 0 saturated heterocycles. The maximum Gasteiger partial charge on any atom is 0.264 e. The number of hydrogen-bond acceptors (Lipinski definition) is 5. The van der Waals surface area contributed by atoms with E-state index in [1.54, 1.807) is 24.3 Å². The van der Waals surface area contributed by atoms with Gasteiger partial charge in [-0.05, 0) is 49.4 Å². The van der Waals surface area contributed by atoms with Crippen molar-refractivity contribution in [3.05, 3.63) is 82.2 Å². The zero-order chi connectivity index (χ0) is 21.7. The van der Waals surface area contributed by atoms with Gasteiger partial charge in [-0.3, -0.25) is 9.10 Å². The van der Waals surface area contributed by atoms with Gasteiger partial charge in [-0.2, -0.15) is 5.10 Å². The normalized spacial score (nSPS) is 11.6. The Morgan fingerprint density at radius 3 is 2.40 bits per heavy atom. The third kappa shape index (κ3) is 5.41. The van der Waals surface area contributed by atoms with E-state index >= 15 is 0 Å². The SMILES string of the molecule is Cc1ccc(S(=O)(=O)N(CC(=O)N/N=C\c2ccco2)c2cc(Cl)cc(Cl)c2)cc1. The first-order valence-corrected chi connectivity index (χ1v) is 10.9. The summed E-state index contributed by atoms with van der Waals surface area (Å²) in [6, 6.07) is 13.9. The van der Waals surface area contributed by atoms with E-state index in [1.165, 1.54) is 42.8 Å². The van der Waals surface area contributed by atoms with Crippen LogP contribution < -0.4 is 9.73 Å². The molecule has 1 aromatic heterocycles. The van der Waals surface area contributed by atoms with Crippen molar-refractivity contribution in [2.45, 2.75) is 11.8 Å². The molecule has 0 unspecified atom stereocenters. The number of nitrogens with one attached hydrogen (secondary N) is 1. The lowest BCUT2D eigenvalue weighted by molar-refractivity contribution is -0.119. The number of hydrazone groups is 1. The van der Waals surface area contributed by atoms with Crippen LogP contribution in [0.5, 0.6) is 0 Å². The average Bonchev–Trinajstić information content (AvgIpc) is 3.19. The summed E-state index contributed by atoms with van der Waals surface area (Å²) in [4.78, 5) is 12.5. The number of hydrogen-bond donors (Lipinski definition) is 1. The number of halogens is 2. The molecule has 0 aliphatic rings. The highest BCUT2D eigenvalue weighted by molar-refractivity contribution is 7.92. The largest absolute Gasteiger partial charge is 0.463 e. The van der Waals surface area contributed by atoms with Gasteiger partial charge in [-0.1, -0.05) is 40.9 Å². The van der Waals surface area contributed by atoms with Crippen molar-refractivity contribution in [1.29, 1.82) is 0 Å². The van der Waals surface area contributed by atoms with E-state index in [1.807, 2.05) is 6.92 Å². The van der Waals surface area contributed by atoms with Crippen LogP contribution in [0, 0.1) is 6.92 Å². The maximum atomic E-state index is 13.3. The molecular weight excluding hydrogens is 449 g/mol. The Morgan fingerprint density at radius 1 is 1.13 bits per heavy atom. The molecule has 0 fully saturated rings. The quantitative estimate of drug-likeness (QED) is 0.417. The van der Waals surface area contributed by atoms with E-state index in [0.717, 1.165) is 9.87 Å². The van der Waals surface area contributed by atoms with Crippen molar-refractivity contribution in [2.75, 3.05) is 10.8 Å². The second-order valence-corrected chi connectivity index (χ2v) is 9.00. The van der Waals surface area contributed by atoms with Gasteiger partial charge in [0.25, 0.3) is 15.9 Å². The Balaban J connectivity index is 1.91. The lowest BCUT2D eigenvalue weighted by atomic mass is 10.2. The summed E-state index contributed by atoms with van der Waals surface area (Å²) in [5.41, 5.74) is 3.33. The standard InChI is InChI=1S/C20H17Cl2N3O4S/c1-14-4-6-19(7-5-14)30(27,28)25(17-10-15(21)9-16(22)11-17)13-20(26)24-23-12-18-3-2-8-29-18/h2-12H,13H2,1H3,(H,24,26)/b23-12-. The van der Waals surface area contributed by atoms with Gasteiger partial charge in [0.1, 0.15) is 12.3 Å². The summed E-state index contributed by atoms with van der Waals surface area (Å²) in [5.74, 6) is -0.231. The fourth-order valence-corrected chi connectivity index (χ4v) is 4.45. The van der Waals surface area contributed by atoms with Crippen molar-refractivity contribution in [3.63, 3.8) is 0 Å². The van der Waals surface area contributed by atoms with E-state index in [0.29, 0.717) is 5.76 Å². The number of sulfonamides is 1. The van der Waals surface area contributed by atoms with Gasteiger partial charge in [-0.25, -0.2) is 13.8 Å². The highest BCUT2D eigenvalue weighted by atomic mass is 35.5. The molecule has 0 atom stereocenters. The summed E-state index contributed by atoms with van der Waals surface area (Å²) in [6.07, 6.45) is 2.76. The Kier molecular flexibility index (Phi) is 6.81. The van der Waals surface area contributed by atoms with Crippen LogP contribution >= 0.6 is 23.2 Å². The van der Waals surface area contributed by atoms with E-state index in [4.69, 9.17) is 27.6 Å². The first-order valence-electron chi connectivity index (χ1n) is 8.66. The highest BCUT2D eigenvalue weighted by Gasteiger charge is 2.27. The molecule has 0 bridgehead atoms. The Hall–Kier alpha value is -2.81. The molecule has 3 aromatic rings. The van der Waals surface area contributed by atoms with Crippen LogP contribution in [0.4, 0.5) is 5.69 Å². The fraction of sp³-hybridized carbons (Fsp3) is 0.100. The molecule has 1 N–H and O–H groups in total. The number of anilines is 1. The number of benzene rings is 2. The molecule has 0 spiro atoms. The number of nitrogens with zero attached hydrogens (tertiary/aromatic N) is 2. The first kappa shape index (κ1) is 21.9. The Labute approximate surface area is 184 Å². The molecule has 0 aliphatic heterocycles. The Bertz CT molecular complexity index is 1140. The first-order chi connectivity index (χ1) is 14.3. The predicted molar refractivity (Wildman–Crippen MR) is 117 cm³/mol. The van der Waals surface area contributed by atoms with Crippen LogP contribution in [-0.2, 0) is 14.8 Å². The van der Waals surface area contributed by atoms with Crippen LogP contribution in [0.2, 0.25) is 10.0 Å². The lowest BCUT2D eigenvalue weighted by Gasteiger charge is -2.24. The molecule has 10 heteroatoms. The van der Waals surface area contributed by atoms with Crippen molar-refractivity contribution in [3.8, 4) is 0 Å². The van der Waals surface area contributed by atoms with Crippen molar-refractivity contribution in [1.82, 2.24) is 5.43 Å². The van der Waals surface area contributed by atoms with Crippen molar-refractivity contribution in [2.24, 2.45) is 5.10 Å². The highest BCUT2D eigenvalue weighted by Crippen LogP contribution is 2.29. The summed E-state index contributed by atoms with van der Waals surface area (Å²) in [5, 5.41) is 4.24. The number of furan rings is 1. The van der Waals surface area contributed by atoms with E-state index in [2.05, 4.69) is 10.5 Å². The monoisotopic (exact) mass is 465 g/mol. The minimum atomic E-state index is -4.08. The molecule has 0 aliphatic carbocycles. The van der Waals surface area contributed by atoms with Gasteiger partial charge < -0.3 is 4.42 Å². The number of rotatable bonds is 7. The van der Waals surface area contributed by atoms with Crippen molar-refractivity contribution < 1.29 is 17.6 Å². The summed E-state index contributed by atoms with van der Waals surface area (Å²) < 4.78 is 32.5. The lowest BCUT2D eigenvalue weighted by Crippen LogP contribution is -2.39. The number of amides is 1. The average molecular weight is 466 g/mol. The van der Waals surface area contributed by atoms with Crippen LogP contribution in [0.3, 0.4) is 0 Å². The maximum absolute atomic E-state index is 13.3. The van der Waals surface area contributed by atoms with Gasteiger partial charge in [0.05, 0.1) is 23.1 Å². The van der Waals surface area contributed by atoms with E-state index < -0.39 is 22.5 Å². The molecule has 2 aromatic carbocycles. The molecule has 156 valence electrons. The fourth-order valence-electron chi connectivity index (χ4n) is 2.53. The minimum Gasteiger partial charge on any atom is -0.463 e. The smallest absolute Gasteiger partial charge is 0.264 e. The number of carbonyl (C=O) groups is 1. The van der Waals surface area contributed by atoms with Gasteiger partial charge in [-0.15, -0.1) is 0 Å². The summed E-state index contributed by atoms with van der Waals surface area (Å²) >= 11 is 12.1. The van der Waals surface area contributed by atoms with Crippen molar-refractivity contribution >= 4 is 51.0 Å². The third-order valence-corrected chi connectivity index (χ3v) is 6.18. The Morgan fingerprint density at radius 2 is 1.80 bits per heavy atom. The molecule has 1 heterocycles. The minimum absolute atomic E-state index is 0.0242. The third-order valence-electron chi connectivity index (χ3n) is 3.96. The van der Waals surface area contributed by atoms with Gasteiger partial charge in [0.15, 0.2) is 0 Å². The molecule has 0 saturated carbocycles. The van der Waals surface area contributed by atoms with Gasteiger partial charge in [0.2, 0.25) is 0 Å². The van der Waals surface area contributed by atoms with E-state index in [9.17, 15) is 13.2 Å². The van der Waals surface area contributed by atoms with Gasteiger partial charge >= 0.3 is 0 Å². The van der Waals surface area contributed by atoms with Gasteiger partial charge in [0, 0.05) is 10.0 Å². The summed E-state index contributed by atoms with van der Waals surface area (Å²) in [6.45, 7) is 1.30. The number of carbonyl (C=O) groups excluding carboxylic acids is 1. The molecule has 0 radical (unpaired) electrons. The molecular formula is C20H17Cl2N3O4S. The van der Waals surface area contributed by atoms with Crippen LogP contribution in [0.15, 0.2) is 75.3 Å². The molecule has 7 nitrogen and oxygen atoms in total. The van der Waals surface area contributed by atoms with Crippen LogP contribution in [0.25, 0.3) is 0 Å². The summed E-state index contributed by atoms with van der Waals surface area (Å²) in [7, 11) is -4.08. The topological polar surface area (TPSA) is 92.0 Å². The zero-order valence-corrected chi connectivity index (χ0v) is 18.1. The zero-order valence-electron chi connectivity index (χ0n) is 15.7. The second kappa shape index (κ2) is 9.34. The van der Waals surface area contributed by atoms with E-state index in [-0.39, 0.29) is 20.6 Å². The second-order valence-electron chi connectivity index (χ2n) is 6.26. The molecule has 3 rings (SSSR count). The predicted octanol–water partition coefficient (Wildman–Crippen LogP) is 4.24.